The number of halogens is 3. The van der Waals surface area contributed by atoms with Gasteiger partial charge in [-0.2, -0.15) is 13.2 Å². The van der Waals surface area contributed by atoms with Crippen molar-refractivity contribution in [2.45, 2.75) is 12.8 Å². The normalized spacial score (nSPS) is 12.2. The van der Waals surface area contributed by atoms with Crippen molar-refractivity contribution in [3.05, 3.63) is 18.0 Å². The Morgan fingerprint density at radius 3 is 2.76 bits per heavy atom. The predicted octanol–water partition coefficient (Wildman–Crippen LogP) is 1.62. The SMILES string of the molecule is Nc1ccc2[nH]c(COCC(F)(F)F)nc2n1. The molecule has 0 aromatic carbocycles. The highest BCUT2D eigenvalue weighted by atomic mass is 19.4. The zero-order valence-corrected chi connectivity index (χ0v) is 8.58. The first-order valence-electron chi connectivity index (χ1n) is 4.70. The Balaban J connectivity index is 2.05. The molecule has 0 atom stereocenters. The highest BCUT2D eigenvalue weighted by molar-refractivity contribution is 5.72. The average Bonchev–Trinajstić information content (AvgIpc) is 2.57. The first-order valence-corrected chi connectivity index (χ1v) is 4.70. The molecule has 0 saturated heterocycles. The number of ether oxygens (including phenoxy) is 1. The summed E-state index contributed by atoms with van der Waals surface area (Å²) in [7, 11) is 0. The zero-order chi connectivity index (χ0) is 12.5. The molecule has 17 heavy (non-hydrogen) atoms. The largest absolute Gasteiger partial charge is 0.411 e. The van der Waals surface area contributed by atoms with Gasteiger partial charge in [-0.05, 0) is 12.1 Å². The number of nitrogen functional groups attached to an aromatic ring is 1. The number of imidazole rings is 1. The molecule has 2 rings (SSSR count). The van der Waals surface area contributed by atoms with Crippen LogP contribution in [0.5, 0.6) is 0 Å². The lowest BCUT2D eigenvalue weighted by Crippen LogP contribution is -2.16. The molecule has 0 bridgehead atoms. The van der Waals surface area contributed by atoms with Crippen LogP contribution in [0.2, 0.25) is 0 Å². The molecule has 0 aliphatic rings. The molecular formula is C9H9F3N4O. The second kappa shape index (κ2) is 4.21. The summed E-state index contributed by atoms with van der Waals surface area (Å²) in [4.78, 5) is 10.7. The van der Waals surface area contributed by atoms with E-state index in [2.05, 4.69) is 19.7 Å². The van der Waals surface area contributed by atoms with Crippen LogP contribution < -0.4 is 5.73 Å². The second-order valence-electron chi connectivity index (χ2n) is 3.40. The number of hydrogen-bond donors (Lipinski definition) is 2. The van der Waals surface area contributed by atoms with Crippen molar-refractivity contribution in [2.75, 3.05) is 12.3 Å². The number of rotatable bonds is 3. The smallest absolute Gasteiger partial charge is 0.384 e. The summed E-state index contributed by atoms with van der Waals surface area (Å²) in [6.07, 6.45) is -4.34. The molecule has 0 unspecified atom stereocenters. The summed E-state index contributed by atoms with van der Waals surface area (Å²) < 4.78 is 40.0. The van der Waals surface area contributed by atoms with Crippen LogP contribution in [-0.2, 0) is 11.3 Å². The predicted molar refractivity (Wildman–Crippen MR) is 54.0 cm³/mol. The van der Waals surface area contributed by atoms with Gasteiger partial charge in [-0.1, -0.05) is 0 Å². The number of aromatic nitrogens is 3. The van der Waals surface area contributed by atoms with Gasteiger partial charge in [0.15, 0.2) is 5.65 Å². The zero-order valence-electron chi connectivity index (χ0n) is 8.58. The molecule has 2 heterocycles. The van der Waals surface area contributed by atoms with Crippen LogP contribution in [0.4, 0.5) is 19.0 Å². The topological polar surface area (TPSA) is 76.8 Å². The molecule has 8 heteroatoms. The highest BCUT2D eigenvalue weighted by Gasteiger charge is 2.27. The van der Waals surface area contributed by atoms with Gasteiger partial charge in [-0.25, -0.2) is 9.97 Å². The molecule has 0 amide bonds. The Kier molecular flexibility index (Phi) is 2.88. The van der Waals surface area contributed by atoms with Crippen LogP contribution in [0.25, 0.3) is 11.2 Å². The van der Waals surface area contributed by atoms with Gasteiger partial charge in [0, 0.05) is 0 Å². The van der Waals surface area contributed by atoms with Crippen molar-refractivity contribution >= 4 is 17.0 Å². The van der Waals surface area contributed by atoms with E-state index in [0.29, 0.717) is 17.0 Å². The Hall–Kier alpha value is -1.83. The van der Waals surface area contributed by atoms with E-state index in [-0.39, 0.29) is 12.4 Å². The molecule has 5 nitrogen and oxygen atoms in total. The van der Waals surface area contributed by atoms with E-state index in [4.69, 9.17) is 5.73 Å². The van der Waals surface area contributed by atoms with Crippen molar-refractivity contribution in [2.24, 2.45) is 0 Å². The Morgan fingerprint density at radius 2 is 2.06 bits per heavy atom. The maximum Gasteiger partial charge on any atom is 0.411 e. The van der Waals surface area contributed by atoms with Gasteiger partial charge in [0.2, 0.25) is 0 Å². The fourth-order valence-corrected chi connectivity index (χ4v) is 1.29. The number of nitrogens with zero attached hydrogens (tertiary/aromatic N) is 2. The van der Waals surface area contributed by atoms with Crippen molar-refractivity contribution in [3.63, 3.8) is 0 Å². The van der Waals surface area contributed by atoms with Gasteiger partial charge in [-0.3, -0.25) is 0 Å². The lowest BCUT2D eigenvalue weighted by molar-refractivity contribution is -0.177. The van der Waals surface area contributed by atoms with Gasteiger partial charge in [0.05, 0.1) is 5.52 Å². The van der Waals surface area contributed by atoms with Crippen LogP contribution in [0.3, 0.4) is 0 Å². The monoisotopic (exact) mass is 246 g/mol. The minimum Gasteiger partial charge on any atom is -0.384 e. The van der Waals surface area contributed by atoms with E-state index < -0.39 is 12.8 Å². The number of alkyl halides is 3. The minimum absolute atomic E-state index is 0.254. The fourth-order valence-electron chi connectivity index (χ4n) is 1.29. The molecule has 0 fully saturated rings. The molecule has 0 aliphatic carbocycles. The molecule has 2 aromatic rings. The van der Waals surface area contributed by atoms with E-state index in [0.717, 1.165) is 0 Å². The fraction of sp³-hybridized carbons (Fsp3) is 0.333. The maximum atomic E-state index is 11.8. The number of nitrogens with one attached hydrogen (secondary N) is 1. The van der Waals surface area contributed by atoms with Crippen LogP contribution in [0, 0.1) is 0 Å². The molecule has 3 N–H and O–H groups in total. The standard InChI is InChI=1S/C9H9F3N4O/c10-9(11,12)4-17-3-7-14-5-1-2-6(13)15-8(5)16-7/h1-2H,3-4H2,(H3,13,14,15,16). The molecule has 0 aliphatic heterocycles. The second-order valence-corrected chi connectivity index (χ2v) is 3.40. The lowest BCUT2D eigenvalue weighted by atomic mass is 10.4. The number of pyridine rings is 1. The quantitative estimate of drug-likeness (QED) is 0.862. The molecule has 92 valence electrons. The minimum atomic E-state index is -4.34. The van der Waals surface area contributed by atoms with Gasteiger partial charge in [0.1, 0.15) is 24.9 Å². The molecule has 0 spiro atoms. The van der Waals surface area contributed by atoms with Crippen LogP contribution in [0.15, 0.2) is 12.1 Å². The van der Waals surface area contributed by atoms with E-state index in [1.54, 1.807) is 12.1 Å². The van der Waals surface area contributed by atoms with Gasteiger partial charge in [0.25, 0.3) is 0 Å². The summed E-state index contributed by atoms with van der Waals surface area (Å²) in [5, 5.41) is 0. The van der Waals surface area contributed by atoms with E-state index in [1.807, 2.05) is 0 Å². The van der Waals surface area contributed by atoms with Crippen molar-refractivity contribution < 1.29 is 17.9 Å². The van der Waals surface area contributed by atoms with E-state index in [1.165, 1.54) is 0 Å². The number of nitrogens with two attached hydrogens (primary N) is 1. The van der Waals surface area contributed by atoms with E-state index >= 15 is 0 Å². The molecule has 0 radical (unpaired) electrons. The Labute approximate surface area is 93.8 Å². The molecule has 2 aromatic heterocycles. The lowest BCUT2D eigenvalue weighted by Gasteiger charge is -2.05. The first-order chi connectivity index (χ1) is 7.94. The van der Waals surface area contributed by atoms with Gasteiger partial charge in [-0.15, -0.1) is 0 Å². The third kappa shape index (κ3) is 3.06. The number of hydrogen-bond acceptors (Lipinski definition) is 4. The van der Waals surface area contributed by atoms with Gasteiger partial charge >= 0.3 is 6.18 Å². The number of H-pyrrole nitrogens is 1. The number of anilines is 1. The third-order valence-electron chi connectivity index (χ3n) is 1.92. The summed E-state index contributed by atoms with van der Waals surface area (Å²) in [6.45, 7) is -1.56. The summed E-state index contributed by atoms with van der Waals surface area (Å²) >= 11 is 0. The van der Waals surface area contributed by atoms with Gasteiger partial charge < -0.3 is 15.5 Å². The van der Waals surface area contributed by atoms with Crippen molar-refractivity contribution in [3.8, 4) is 0 Å². The number of aromatic amines is 1. The number of fused-ring (bicyclic) bond motifs is 1. The maximum absolute atomic E-state index is 11.8. The van der Waals surface area contributed by atoms with Crippen LogP contribution in [-0.4, -0.2) is 27.7 Å². The highest BCUT2D eigenvalue weighted by Crippen LogP contribution is 2.16. The van der Waals surface area contributed by atoms with Crippen LogP contribution >= 0.6 is 0 Å². The van der Waals surface area contributed by atoms with Crippen molar-refractivity contribution in [1.82, 2.24) is 15.0 Å². The van der Waals surface area contributed by atoms with Crippen LogP contribution in [0.1, 0.15) is 5.82 Å². The molecule has 0 saturated carbocycles. The van der Waals surface area contributed by atoms with E-state index in [9.17, 15) is 13.2 Å². The molecular weight excluding hydrogens is 237 g/mol. The summed E-state index contributed by atoms with van der Waals surface area (Å²) in [5.74, 6) is 0.578. The average molecular weight is 246 g/mol. The first kappa shape index (κ1) is 11.6. The summed E-state index contributed by atoms with van der Waals surface area (Å²) in [5.41, 5.74) is 6.40. The van der Waals surface area contributed by atoms with Crippen molar-refractivity contribution in [1.29, 1.82) is 0 Å². The Morgan fingerprint density at radius 1 is 1.29 bits per heavy atom. The Bertz CT molecular complexity index is 522. The summed E-state index contributed by atoms with van der Waals surface area (Å²) in [6, 6.07) is 3.22. The third-order valence-corrected chi connectivity index (χ3v) is 1.92.